The molecule has 0 aliphatic rings. The summed E-state index contributed by atoms with van der Waals surface area (Å²) in [6, 6.07) is 3.19. The van der Waals surface area contributed by atoms with Crippen molar-refractivity contribution in [2.75, 3.05) is 33.5 Å². The first-order chi connectivity index (χ1) is 9.63. The Morgan fingerprint density at radius 3 is 2.55 bits per heavy atom. The van der Waals surface area contributed by atoms with Crippen LogP contribution in [0.1, 0.15) is 24.2 Å². The zero-order chi connectivity index (χ0) is 15.0. The van der Waals surface area contributed by atoms with Crippen LogP contribution in [-0.2, 0) is 4.74 Å². The van der Waals surface area contributed by atoms with E-state index < -0.39 is 0 Å². The van der Waals surface area contributed by atoms with Gasteiger partial charge in [-0.15, -0.1) is 0 Å². The van der Waals surface area contributed by atoms with Crippen molar-refractivity contribution < 1.29 is 19.0 Å². The number of hydrogen-bond acceptors (Lipinski definition) is 4. The first-order valence-electron chi connectivity index (χ1n) is 6.50. The molecule has 1 aromatic carbocycles. The first-order valence-corrected chi connectivity index (χ1v) is 6.88. The lowest BCUT2D eigenvalue weighted by Crippen LogP contribution is -2.27. The van der Waals surface area contributed by atoms with E-state index in [4.69, 9.17) is 25.8 Å². The standard InChI is InChI=1S/C14H20ClNO4/c1-4-19-12-9-10(14(17)16-6-7-18-3)8-11(15)13(12)20-5-2/h8-9H,4-7H2,1-3H3,(H,16,17). The van der Waals surface area contributed by atoms with E-state index in [-0.39, 0.29) is 5.91 Å². The third-order valence-corrected chi connectivity index (χ3v) is 2.73. The quantitative estimate of drug-likeness (QED) is 0.750. The molecule has 0 bridgehead atoms. The first kappa shape index (κ1) is 16.6. The highest BCUT2D eigenvalue weighted by molar-refractivity contribution is 6.32. The average Bonchev–Trinajstić information content (AvgIpc) is 2.42. The van der Waals surface area contributed by atoms with Gasteiger partial charge in [0, 0.05) is 19.2 Å². The maximum Gasteiger partial charge on any atom is 0.251 e. The van der Waals surface area contributed by atoms with Crippen LogP contribution in [0, 0.1) is 0 Å². The Kier molecular flexibility index (Phi) is 7.18. The van der Waals surface area contributed by atoms with E-state index in [0.717, 1.165) is 0 Å². The molecule has 5 nitrogen and oxygen atoms in total. The van der Waals surface area contributed by atoms with Crippen molar-refractivity contribution in [3.05, 3.63) is 22.7 Å². The third-order valence-electron chi connectivity index (χ3n) is 2.45. The fourth-order valence-electron chi connectivity index (χ4n) is 1.62. The number of nitrogens with one attached hydrogen (secondary N) is 1. The van der Waals surface area contributed by atoms with Gasteiger partial charge in [0.25, 0.3) is 5.91 Å². The minimum Gasteiger partial charge on any atom is -0.490 e. The fraction of sp³-hybridized carbons (Fsp3) is 0.500. The molecule has 20 heavy (non-hydrogen) atoms. The van der Waals surface area contributed by atoms with Gasteiger partial charge in [0.05, 0.1) is 24.8 Å². The summed E-state index contributed by atoms with van der Waals surface area (Å²) >= 11 is 6.14. The summed E-state index contributed by atoms with van der Waals surface area (Å²) in [5, 5.41) is 3.09. The maximum atomic E-state index is 12.0. The van der Waals surface area contributed by atoms with Crippen LogP contribution >= 0.6 is 11.6 Å². The van der Waals surface area contributed by atoms with Crippen molar-refractivity contribution in [2.24, 2.45) is 0 Å². The van der Waals surface area contributed by atoms with Crippen LogP contribution in [0.25, 0.3) is 0 Å². The molecule has 0 atom stereocenters. The van der Waals surface area contributed by atoms with Gasteiger partial charge in [-0.1, -0.05) is 11.6 Å². The van der Waals surface area contributed by atoms with E-state index in [2.05, 4.69) is 5.32 Å². The molecular weight excluding hydrogens is 282 g/mol. The average molecular weight is 302 g/mol. The van der Waals surface area contributed by atoms with Gasteiger partial charge >= 0.3 is 0 Å². The van der Waals surface area contributed by atoms with Crippen molar-refractivity contribution in [3.63, 3.8) is 0 Å². The molecule has 1 N–H and O–H groups in total. The van der Waals surface area contributed by atoms with Crippen molar-refractivity contribution in [1.29, 1.82) is 0 Å². The molecule has 1 rings (SSSR count). The summed E-state index contributed by atoms with van der Waals surface area (Å²) in [7, 11) is 1.58. The zero-order valence-corrected chi connectivity index (χ0v) is 12.8. The molecule has 1 aromatic rings. The number of ether oxygens (including phenoxy) is 3. The molecule has 0 spiro atoms. The van der Waals surface area contributed by atoms with Gasteiger partial charge in [-0.25, -0.2) is 0 Å². The lowest BCUT2D eigenvalue weighted by molar-refractivity contribution is 0.0936. The summed E-state index contributed by atoms with van der Waals surface area (Å²) < 4.78 is 15.8. The van der Waals surface area contributed by atoms with Crippen molar-refractivity contribution >= 4 is 17.5 Å². The largest absolute Gasteiger partial charge is 0.490 e. The second-order valence-corrected chi connectivity index (χ2v) is 4.31. The van der Waals surface area contributed by atoms with Gasteiger partial charge in [0.2, 0.25) is 0 Å². The van der Waals surface area contributed by atoms with E-state index in [1.807, 2.05) is 13.8 Å². The molecule has 0 heterocycles. The van der Waals surface area contributed by atoms with Crippen molar-refractivity contribution in [1.82, 2.24) is 5.32 Å². The molecule has 0 aromatic heterocycles. The highest BCUT2D eigenvalue weighted by atomic mass is 35.5. The summed E-state index contributed by atoms with van der Waals surface area (Å²) in [6.45, 7) is 5.54. The topological polar surface area (TPSA) is 56.8 Å². The van der Waals surface area contributed by atoms with Gasteiger partial charge in [-0.3, -0.25) is 4.79 Å². The van der Waals surface area contributed by atoms with Crippen LogP contribution in [0.2, 0.25) is 5.02 Å². The van der Waals surface area contributed by atoms with E-state index in [1.165, 1.54) is 0 Å². The summed E-state index contributed by atoms with van der Waals surface area (Å²) in [4.78, 5) is 12.0. The molecule has 0 unspecified atom stereocenters. The molecule has 1 amide bonds. The van der Waals surface area contributed by atoms with E-state index in [0.29, 0.717) is 48.5 Å². The Hall–Kier alpha value is -1.46. The molecule has 0 radical (unpaired) electrons. The fourth-order valence-corrected chi connectivity index (χ4v) is 1.88. The molecule has 0 fully saturated rings. The van der Waals surface area contributed by atoms with Crippen LogP contribution in [0.3, 0.4) is 0 Å². The Balaban J connectivity index is 2.95. The normalized spacial score (nSPS) is 10.2. The summed E-state index contributed by atoms with van der Waals surface area (Å²) in [5.41, 5.74) is 0.429. The van der Waals surface area contributed by atoms with Crippen LogP contribution < -0.4 is 14.8 Å². The smallest absolute Gasteiger partial charge is 0.251 e. The number of benzene rings is 1. The Bertz CT molecular complexity index is 451. The molecule has 0 saturated carbocycles. The SMILES string of the molecule is CCOc1cc(C(=O)NCCOC)cc(Cl)c1OCC. The van der Waals surface area contributed by atoms with E-state index in [1.54, 1.807) is 19.2 Å². The van der Waals surface area contributed by atoms with Crippen LogP contribution in [-0.4, -0.2) is 39.4 Å². The lowest BCUT2D eigenvalue weighted by atomic mass is 10.2. The van der Waals surface area contributed by atoms with Crippen molar-refractivity contribution in [3.8, 4) is 11.5 Å². The van der Waals surface area contributed by atoms with Gasteiger partial charge in [-0.2, -0.15) is 0 Å². The molecule has 112 valence electrons. The van der Waals surface area contributed by atoms with E-state index in [9.17, 15) is 4.79 Å². The van der Waals surface area contributed by atoms with Gasteiger partial charge in [0.15, 0.2) is 11.5 Å². The van der Waals surface area contributed by atoms with Gasteiger partial charge in [-0.05, 0) is 26.0 Å². The Labute approximate surface area is 124 Å². The Morgan fingerprint density at radius 1 is 1.25 bits per heavy atom. The number of rotatable bonds is 8. The highest BCUT2D eigenvalue weighted by Crippen LogP contribution is 2.36. The molecular formula is C14H20ClNO4. The van der Waals surface area contributed by atoms with Gasteiger partial charge < -0.3 is 19.5 Å². The van der Waals surface area contributed by atoms with Gasteiger partial charge in [0.1, 0.15) is 0 Å². The number of amides is 1. The minimum atomic E-state index is -0.229. The summed E-state index contributed by atoms with van der Waals surface area (Å²) in [5.74, 6) is 0.705. The number of methoxy groups -OCH3 is 1. The zero-order valence-electron chi connectivity index (χ0n) is 12.0. The number of halogens is 1. The minimum absolute atomic E-state index is 0.229. The molecule has 0 saturated heterocycles. The Morgan fingerprint density at radius 2 is 1.95 bits per heavy atom. The predicted octanol–water partition coefficient (Wildman–Crippen LogP) is 2.51. The van der Waals surface area contributed by atoms with Crippen molar-refractivity contribution in [2.45, 2.75) is 13.8 Å². The van der Waals surface area contributed by atoms with Crippen LogP contribution in [0.4, 0.5) is 0 Å². The highest BCUT2D eigenvalue weighted by Gasteiger charge is 2.15. The van der Waals surface area contributed by atoms with Crippen LogP contribution in [0.15, 0.2) is 12.1 Å². The second-order valence-electron chi connectivity index (χ2n) is 3.90. The molecule has 6 heteroatoms. The summed E-state index contributed by atoms with van der Waals surface area (Å²) in [6.07, 6.45) is 0. The lowest BCUT2D eigenvalue weighted by Gasteiger charge is -2.14. The van der Waals surface area contributed by atoms with Crippen LogP contribution in [0.5, 0.6) is 11.5 Å². The van der Waals surface area contributed by atoms with E-state index >= 15 is 0 Å². The molecule has 0 aliphatic heterocycles. The second kappa shape index (κ2) is 8.66. The maximum absolute atomic E-state index is 12.0. The predicted molar refractivity (Wildman–Crippen MR) is 78.0 cm³/mol. The number of carbonyl (C=O) groups excluding carboxylic acids is 1. The monoisotopic (exact) mass is 301 g/mol. The third kappa shape index (κ3) is 4.58. The molecule has 0 aliphatic carbocycles. The number of hydrogen-bond donors (Lipinski definition) is 1. The number of carbonyl (C=O) groups is 1.